The lowest BCUT2D eigenvalue weighted by Crippen LogP contribution is -2.35. The maximum atomic E-state index is 11.2. The Morgan fingerprint density at radius 1 is 1.45 bits per heavy atom. The van der Waals surface area contributed by atoms with Crippen molar-refractivity contribution in [3.05, 3.63) is 23.3 Å². The third-order valence-corrected chi connectivity index (χ3v) is 3.79. The van der Waals surface area contributed by atoms with Crippen LogP contribution in [0.4, 0.5) is 0 Å². The van der Waals surface area contributed by atoms with Crippen molar-refractivity contribution in [1.29, 1.82) is 0 Å². The van der Waals surface area contributed by atoms with Gasteiger partial charge in [0.1, 0.15) is 11.7 Å². The molecule has 4 heteroatoms. The second-order valence-electron chi connectivity index (χ2n) is 6.03. The molecule has 3 atom stereocenters. The number of aliphatic hydroxyl groups excluding tert-OH is 2. The van der Waals surface area contributed by atoms with Crippen molar-refractivity contribution in [2.45, 2.75) is 71.2 Å². The number of carbonyl (C=O) groups excluding carboxylic acids is 1. The number of esters is 1. The highest BCUT2D eigenvalue weighted by Crippen LogP contribution is 2.31. The summed E-state index contributed by atoms with van der Waals surface area (Å²) in [7, 11) is 0. The molecule has 1 saturated heterocycles. The number of rotatable bonds is 6. The summed E-state index contributed by atoms with van der Waals surface area (Å²) in [4.78, 5) is 11.2. The molecule has 0 aliphatic carbocycles. The first kappa shape index (κ1) is 16.9. The summed E-state index contributed by atoms with van der Waals surface area (Å²) in [6, 6.07) is 0. The number of cyclic esters (lactones) is 1. The maximum absolute atomic E-state index is 11.2. The fourth-order valence-corrected chi connectivity index (χ4v) is 2.22. The number of hydrogen-bond acceptors (Lipinski definition) is 4. The summed E-state index contributed by atoms with van der Waals surface area (Å²) in [5.74, 6) is -0.343. The first-order valence-electron chi connectivity index (χ1n) is 7.12. The molecule has 1 rings (SSSR count). The highest BCUT2D eigenvalue weighted by Gasteiger charge is 2.43. The van der Waals surface area contributed by atoms with E-state index in [1.165, 1.54) is 5.57 Å². The zero-order chi connectivity index (χ0) is 15.3. The van der Waals surface area contributed by atoms with Crippen molar-refractivity contribution in [3.8, 4) is 0 Å². The second kappa shape index (κ2) is 7.04. The summed E-state index contributed by atoms with van der Waals surface area (Å²) >= 11 is 0. The Kier molecular flexibility index (Phi) is 5.96. The molecule has 1 fully saturated rings. The van der Waals surface area contributed by atoms with Crippen LogP contribution in [-0.2, 0) is 9.53 Å². The quantitative estimate of drug-likeness (QED) is 0.580. The first-order chi connectivity index (χ1) is 9.24. The van der Waals surface area contributed by atoms with Crippen molar-refractivity contribution in [2.24, 2.45) is 0 Å². The first-order valence-corrected chi connectivity index (χ1v) is 7.12. The summed E-state index contributed by atoms with van der Waals surface area (Å²) in [5.41, 5.74) is 1.30. The predicted octanol–water partition coefficient (Wildman–Crippen LogP) is 2.50. The molecule has 1 heterocycles. The number of ether oxygens (including phenoxy) is 1. The van der Waals surface area contributed by atoms with Gasteiger partial charge in [0.05, 0.1) is 12.5 Å². The molecule has 0 bridgehead atoms. The number of hydrogen-bond donors (Lipinski definition) is 2. The Morgan fingerprint density at radius 3 is 2.60 bits per heavy atom. The van der Waals surface area contributed by atoms with Crippen LogP contribution in [0.1, 0.15) is 53.4 Å². The molecule has 0 spiro atoms. The Morgan fingerprint density at radius 2 is 2.10 bits per heavy atom. The van der Waals surface area contributed by atoms with Gasteiger partial charge in [-0.1, -0.05) is 17.7 Å². The van der Waals surface area contributed by atoms with Crippen molar-refractivity contribution >= 4 is 5.97 Å². The third kappa shape index (κ3) is 4.76. The van der Waals surface area contributed by atoms with Crippen LogP contribution in [0.25, 0.3) is 0 Å². The fourth-order valence-electron chi connectivity index (χ4n) is 2.22. The maximum Gasteiger partial charge on any atom is 0.309 e. The largest absolute Gasteiger partial charge is 0.456 e. The van der Waals surface area contributed by atoms with E-state index in [9.17, 15) is 15.0 Å². The fraction of sp³-hybridized carbons (Fsp3) is 0.688. The van der Waals surface area contributed by atoms with Gasteiger partial charge in [0, 0.05) is 0 Å². The molecule has 0 radical (unpaired) electrons. The van der Waals surface area contributed by atoms with Gasteiger partial charge in [-0.25, -0.2) is 0 Å². The molecular formula is C16H26O4. The molecule has 3 unspecified atom stereocenters. The van der Waals surface area contributed by atoms with Gasteiger partial charge in [-0.3, -0.25) is 4.79 Å². The Labute approximate surface area is 121 Å². The van der Waals surface area contributed by atoms with Crippen molar-refractivity contribution in [3.63, 3.8) is 0 Å². The standard InChI is InChI=1S/C16H26O4/c1-11(2)7-8-13(17)12(3)6-5-9-16(4)14(18)10-15(19)20-16/h6-7,13-14,17-18H,5,8-10H2,1-4H3. The summed E-state index contributed by atoms with van der Waals surface area (Å²) in [6.07, 6.45) is 4.65. The Hall–Kier alpha value is -1.13. The van der Waals surface area contributed by atoms with E-state index in [0.717, 1.165) is 5.57 Å². The summed E-state index contributed by atoms with van der Waals surface area (Å²) < 4.78 is 5.19. The minimum absolute atomic E-state index is 0.0718. The van der Waals surface area contributed by atoms with Gasteiger partial charge in [0.2, 0.25) is 0 Å². The topological polar surface area (TPSA) is 66.8 Å². The third-order valence-electron chi connectivity index (χ3n) is 3.79. The van der Waals surface area contributed by atoms with Crippen LogP contribution in [0.5, 0.6) is 0 Å². The number of aliphatic hydroxyl groups is 2. The van der Waals surface area contributed by atoms with Crippen LogP contribution in [0.2, 0.25) is 0 Å². The Bertz CT molecular complexity index is 407. The molecule has 0 amide bonds. The van der Waals surface area contributed by atoms with Gasteiger partial charge in [-0.05, 0) is 52.5 Å². The van der Waals surface area contributed by atoms with E-state index < -0.39 is 17.8 Å². The lowest BCUT2D eigenvalue weighted by atomic mass is 9.93. The minimum atomic E-state index is -0.793. The van der Waals surface area contributed by atoms with Crippen LogP contribution < -0.4 is 0 Å². The number of carbonyl (C=O) groups is 1. The molecule has 1 aliphatic rings. The highest BCUT2D eigenvalue weighted by molar-refractivity contribution is 5.73. The van der Waals surface area contributed by atoms with Gasteiger partial charge in [-0.15, -0.1) is 0 Å². The second-order valence-corrected chi connectivity index (χ2v) is 6.03. The lowest BCUT2D eigenvalue weighted by Gasteiger charge is -2.25. The zero-order valence-electron chi connectivity index (χ0n) is 12.8. The molecule has 4 nitrogen and oxygen atoms in total. The van der Waals surface area contributed by atoms with Gasteiger partial charge < -0.3 is 14.9 Å². The number of allylic oxidation sites excluding steroid dienone is 2. The van der Waals surface area contributed by atoms with Gasteiger partial charge in [0.15, 0.2) is 0 Å². The van der Waals surface area contributed by atoms with Gasteiger partial charge >= 0.3 is 5.97 Å². The smallest absolute Gasteiger partial charge is 0.309 e. The van der Waals surface area contributed by atoms with Crippen LogP contribution in [0.3, 0.4) is 0 Å². The van der Waals surface area contributed by atoms with E-state index in [1.807, 2.05) is 32.9 Å². The van der Waals surface area contributed by atoms with Crippen LogP contribution >= 0.6 is 0 Å². The Balaban J connectivity index is 2.47. The molecule has 0 aromatic heterocycles. The van der Waals surface area contributed by atoms with Crippen molar-refractivity contribution < 1.29 is 19.7 Å². The van der Waals surface area contributed by atoms with E-state index in [1.54, 1.807) is 6.92 Å². The molecule has 0 aromatic rings. The predicted molar refractivity (Wildman–Crippen MR) is 78.2 cm³/mol. The van der Waals surface area contributed by atoms with Crippen molar-refractivity contribution in [2.75, 3.05) is 0 Å². The van der Waals surface area contributed by atoms with Crippen LogP contribution in [0.15, 0.2) is 23.3 Å². The van der Waals surface area contributed by atoms with Gasteiger partial charge in [0.25, 0.3) is 0 Å². The van der Waals surface area contributed by atoms with Gasteiger partial charge in [-0.2, -0.15) is 0 Å². The highest BCUT2D eigenvalue weighted by atomic mass is 16.6. The van der Waals surface area contributed by atoms with E-state index in [2.05, 4.69) is 0 Å². The molecule has 20 heavy (non-hydrogen) atoms. The normalized spacial score (nSPS) is 28.2. The molecule has 0 aromatic carbocycles. The molecular weight excluding hydrogens is 256 g/mol. The molecule has 0 saturated carbocycles. The lowest BCUT2D eigenvalue weighted by molar-refractivity contribution is -0.149. The average molecular weight is 282 g/mol. The monoisotopic (exact) mass is 282 g/mol. The van der Waals surface area contributed by atoms with E-state index in [4.69, 9.17) is 4.74 Å². The molecule has 2 N–H and O–H groups in total. The van der Waals surface area contributed by atoms with E-state index in [0.29, 0.717) is 19.3 Å². The average Bonchev–Trinajstić information content (AvgIpc) is 2.59. The van der Waals surface area contributed by atoms with Crippen LogP contribution in [0, 0.1) is 0 Å². The zero-order valence-corrected chi connectivity index (χ0v) is 12.8. The summed E-state index contributed by atoms with van der Waals surface area (Å²) in [6.45, 7) is 7.65. The van der Waals surface area contributed by atoms with E-state index >= 15 is 0 Å². The van der Waals surface area contributed by atoms with Crippen LogP contribution in [-0.4, -0.2) is 34.0 Å². The molecule has 1 aliphatic heterocycles. The minimum Gasteiger partial charge on any atom is -0.456 e. The van der Waals surface area contributed by atoms with E-state index in [-0.39, 0.29) is 12.4 Å². The van der Waals surface area contributed by atoms with Crippen molar-refractivity contribution in [1.82, 2.24) is 0 Å². The molecule has 114 valence electrons. The SMILES string of the molecule is CC(C)=CCC(O)C(C)=CCCC1(C)OC(=O)CC1O. The summed E-state index contributed by atoms with van der Waals surface area (Å²) in [5, 5.41) is 19.8.